The molecule has 2 amide bonds. The molecule has 2 aromatic carbocycles. The van der Waals surface area contributed by atoms with E-state index in [-0.39, 0.29) is 43.5 Å². The molecule has 0 spiro atoms. The zero-order chi connectivity index (χ0) is 25.4. The minimum absolute atomic E-state index is 0.00277. The van der Waals surface area contributed by atoms with Crippen molar-refractivity contribution in [2.45, 2.75) is 45.1 Å². The van der Waals surface area contributed by atoms with Gasteiger partial charge >= 0.3 is 12.1 Å². The molecule has 0 aromatic heterocycles. The Morgan fingerprint density at radius 1 is 1.00 bits per heavy atom. The smallest absolute Gasteiger partial charge is 0.407 e. The predicted molar refractivity (Wildman–Crippen MR) is 132 cm³/mol. The molecule has 0 radical (unpaired) electrons. The molecule has 8 nitrogen and oxygen atoms in total. The van der Waals surface area contributed by atoms with E-state index in [1.165, 1.54) is 11.1 Å². The number of aliphatic hydroxyl groups is 1. The van der Waals surface area contributed by atoms with Gasteiger partial charge < -0.3 is 25.2 Å². The van der Waals surface area contributed by atoms with Gasteiger partial charge in [-0.15, -0.1) is 0 Å². The maximum Gasteiger partial charge on any atom is 0.407 e. The van der Waals surface area contributed by atoms with E-state index in [0.29, 0.717) is 19.3 Å². The molecule has 0 aliphatic heterocycles. The molecule has 0 saturated carbocycles. The number of aliphatic hydroxyl groups excluding tert-OH is 1. The van der Waals surface area contributed by atoms with E-state index in [0.717, 1.165) is 16.0 Å². The fourth-order valence-corrected chi connectivity index (χ4v) is 4.63. The van der Waals surface area contributed by atoms with Gasteiger partial charge in [-0.05, 0) is 42.0 Å². The van der Waals surface area contributed by atoms with Crippen molar-refractivity contribution in [3.8, 4) is 11.1 Å². The lowest BCUT2D eigenvalue weighted by Crippen LogP contribution is -2.40. The first-order valence-electron chi connectivity index (χ1n) is 12.0. The first-order valence-corrected chi connectivity index (χ1v) is 12.0. The highest BCUT2D eigenvalue weighted by molar-refractivity contribution is 5.83. The molecule has 3 N–H and O–H groups in total. The number of ether oxygens (including phenoxy) is 1. The van der Waals surface area contributed by atoms with Gasteiger partial charge in [-0.25, -0.2) is 4.79 Å². The van der Waals surface area contributed by atoms with Crippen molar-refractivity contribution in [1.29, 1.82) is 0 Å². The largest absolute Gasteiger partial charge is 0.480 e. The van der Waals surface area contributed by atoms with E-state index in [4.69, 9.17) is 14.9 Å². The number of carbonyl (C=O) groups is 3. The second-order valence-corrected chi connectivity index (χ2v) is 9.08. The summed E-state index contributed by atoms with van der Waals surface area (Å²) in [5.74, 6) is -1.77. The van der Waals surface area contributed by atoms with E-state index in [2.05, 4.69) is 29.6 Å². The summed E-state index contributed by atoms with van der Waals surface area (Å²) in [6.07, 6.45) is 1.41. The zero-order valence-corrected chi connectivity index (χ0v) is 20.3. The molecule has 2 unspecified atom stereocenters. The lowest BCUT2D eigenvalue weighted by molar-refractivity contribution is -0.146. The third kappa shape index (κ3) is 6.82. The van der Waals surface area contributed by atoms with Gasteiger partial charge in [0.15, 0.2) is 0 Å². The summed E-state index contributed by atoms with van der Waals surface area (Å²) in [6, 6.07) is 16.2. The third-order valence-electron chi connectivity index (χ3n) is 6.41. The number of carbonyl (C=O) groups excluding carboxylic acids is 2. The van der Waals surface area contributed by atoms with Gasteiger partial charge in [-0.3, -0.25) is 9.59 Å². The van der Waals surface area contributed by atoms with Crippen molar-refractivity contribution in [3.63, 3.8) is 0 Å². The van der Waals surface area contributed by atoms with E-state index >= 15 is 0 Å². The van der Waals surface area contributed by atoms with Crippen LogP contribution in [0.15, 0.2) is 48.5 Å². The Morgan fingerprint density at radius 3 is 2.17 bits per heavy atom. The summed E-state index contributed by atoms with van der Waals surface area (Å²) in [7, 11) is 0. The summed E-state index contributed by atoms with van der Waals surface area (Å²) < 4.78 is 5.58. The first-order chi connectivity index (χ1) is 16.8. The fourth-order valence-electron chi connectivity index (χ4n) is 4.63. The molecule has 188 valence electrons. The third-order valence-corrected chi connectivity index (χ3v) is 6.41. The van der Waals surface area contributed by atoms with Crippen LogP contribution in [0.1, 0.15) is 50.2 Å². The number of nitrogens with zero attached hydrogens (tertiary/aromatic N) is 1. The standard InChI is InChI=1S/C27H34N2O6/c1-18(26(33)29(14-15-30)16-25(31)32)8-7-9-19(2)28-27(34)35-17-24-22-12-5-3-10-20(22)21-11-4-6-13-23(21)24/h3-6,10-13,18-19,24,30H,7-9,14-17H2,1-2H3,(H,28,34)(H,31,32). The molecule has 0 bridgehead atoms. The number of amides is 2. The highest BCUT2D eigenvalue weighted by Gasteiger charge is 2.29. The van der Waals surface area contributed by atoms with Crippen LogP contribution in [-0.4, -0.2) is 65.4 Å². The van der Waals surface area contributed by atoms with Crippen LogP contribution in [0.4, 0.5) is 4.79 Å². The Labute approximate surface area is 205 Å². The minimum atomic E-state index is -1.11. The molecule has 1 aliphatic carbocycles. The van der Waals surface area contributed by atoms with Gasteiger partial charge in [-0.1, -0.05) is 61.9 Å². The van der Waals surface area contributed by atoms with Gasteiger partial charge in [0.2, 0.25) is 5.91 Å². The predicted octanol–water partition coefficient (Wildman–Crippen LogP) is 3.63. The Kier molecular flexibility index (Phi) is 9.25. The lowest BCUT2D eigenvalue weighted by atomic mass is 9.98. The van der Waals surface area contributed by atoms with Crippen molar-refractivity contribution in [1.82, 2.24) is 10.2 Å². The molecular formula is C27H34N2O6. The average Bonchev–Trinajstić information content (AvgIpc) is 3.15. The second kappa shape index (κ2) is 12.4. The Bertz CT molecular complexity index is 994. The summed E-state index contributed by atoms with van der Waals surface area (Å²) in [4.78, 5) is 37.0. The topological polar surface area (TPSA) is 116 Å². The molecule has 0 saturated heterocycles. The fraction of sp³-hybridized carbons (Fsp3) is 0.444. The number of nitrogens with one attached hydrogen (secondary N) is 1. The number of rotatable bonds is 12. The number of fused-ring (bicyclic) bond motifs is 3. The van der Waals surface area contributed by atoms with Crippen molar-refractivity contribution in [2.24, 2.45) is 5.92 Å². The molecule has 2 atom stereocenters. The van der Waals surface area contributed by atoms with E-state index in [1.807, 2.05) is 31.2 Å². The summed E-state index contributed by atoms with van der Waals surface area (Å²) in [5.41, 5.74) is 4.67. The molecule has 1 aliphatic rings. The molecule has 8 heteroatoms. The number of benzene rings is 2. The maximum absolute atomic E-state index is 12.5. The normalized spacial score (nSPS) is 13.9. The quantitative estimate of drug-likeness (QED) is 0.425. The van der Waals surface area contributed by atoms with Crippen molar-refractivity contribution >= 4 is 18.0 Å². The van der Waals surface area contributed by atoms with Crippen molar-refractivity contribution < 1.29 is 29.3 Å². The van der Waals surface area contributed by atoms with Gasteiger partial charge in [0.05, 0.1) is 6.61 Å². The van der Waals surface area contributed by atoms with Crippen molar-refractivity contribution in [2.75, 3.05) is 26.3 Å². The van der Waals surface area contributed by atoms with Gasteiger partial charge in [0, 0.05) is 24.4 Å². The van der Waals surface area contributed by atoms with Crippen LogP contribution in [-0.2, 0) is 14.3 Å². The lowest BCUT2D eigenvalue weighted by Gasteiger charge is -2.23. The molecule has 2 aromatic rings. The Hall–Kier alpha value is -3.39. The maximum atomic E-state index is 12.5. The van der Waals surface area contributed by atoms with Crippen LogP contribution < -0.4 is 5.32 Å². The van der Waals surface area contributed by atoms with E-state index < -0.39 is 18.6 Å². The van der Waals surface area contributed by atoms with Crippen LogP contribution in [0.5, 0.6) is 0 Å². The minimum Gasteiger partial charge on any atom is -0.480 e. The molecule has 3 rings (SSSR count). The van der Waals surface area contributed by atoms with E-state index in [9.17, 15) is 14.4 Å². The number of hydrogen-bond donors (Lipinski definition) is 3. The number of aliphatic carboxylic acids is 1. The Balaban J connectivity index is 1.43. The Morgan fingerprint density at radius 2 is 1.60 bits per heavy atom. The number of carboxylic acids is 1. The van der Waals surface area contributed by atoms with Gasteiger partial charge in [0.1, 0.15) is 13.2 Å². The molecule has 0 heterocycles. The highest BCUT2D eigenvalue weighted by atomic mass is 16.5. The van der Waals surface area contributed by atoms with Crippen LogP contribution >= 0.6 is 0 Å². The zero-order valence-electron chi connectivity index (χ0n) is 20.3. The highest BCUT2D eigenvalue weighted by Crippen LogP contribution is 2.44. The number of carboxylic acid groups (broad SMARTS) is 1. The average molecular weight is 483 g/mol. The van der Waals surface area contributed by atoms with E-state index in [1.54, 1.807) is 6.92 Å². The van der Waals surface area contributed by atoms with Gasteiger partial charge in [-0.2, -0.15) is 0 Å². The summed E-state index contributed by atoms with van der Waals surface area (Å²) in [6.45, 7) is 3.17. The summed E-state index contributed by atoms with van der Waals surface area (Å²) >= 11 is 0. The molecule has 0 fully saturated rings. The molecule has 35 heavy (non-hydrogen) atoms. The number of hydrogen-bond acceptors (Lipinski definition) is 5. The van der Waals surface area contributed by atoms with Crippen LogP contribution in [0.25, 0.3) is 11.1 Å². The summed E-state index contributed by atoms with van der Waals surface area (Å²) in [5, 5.41) is 20.9. The van der Waals surface area contributed by atoms with Gasteiger partial charge in [0.25, 0.3) is 0 Å². The van der Waals surface area contributed by atoms with Crippen LogP contribution in [0.2, 0.25) is 0 Å². The number of alkyl carbamates (subject to hydrolysis) is 1. The first kappa shape index (κ1) is 26.2. The van der Waals surface area contributed by atoms with Crippen molar-refractivity contribution in [3.05, 3.63) is 59.7 Å². The van der Waals surface area contributed by atoms with Crippen LogP contribution in [0, 0.1) is 5.92 Å². The SMILES string of the molecule is CC(CCCC(C)C(=O)N(CCO)CC(=O)O)NC(=O)OCC1c2ccccc2-c2ccccc21. The molecular weight excluding hydrogens is 448 g/mol. The monoisotopic (exact) mass is 482 g/mol. The van der Waals surface area contributed by atoms with Crippen LogP contribution in [0.3, 0.4) is 0 Å². The second-order valence-electron chi connectivity index (χ2n) is 9.08.